The minimum Gasteiger partial charge on any atom is -0.394 e. The topological polar surface area (TPSA) is 295 Å². The molecule has 4 fully saturated rings. The minimum absolute atomic E-state index is 0.0275. The first-order valence-electron chi connectivity index (χ1n) is 17.6. The van der Waals surface area contributed by atoms with Crippen molar-refractivity contribution in [1.82, 2.24) is 20.9 Å². The lowest BCUT2D eigenvalue weighted by Crippen LogP contribution is -2.69. The first-order valence-corrected chi connectivity index (χ1v) is 18.9. The van der Waals surface area contributed by atoms with Crippen molar-refractivity contribution >= 4 is 35.4 Å². The number of hydrogen-bond donors (Lipinski definition) is 10. The van der Waals surface area contributed by atoms with Crippen molar-refractivity contribution in [3.05, 3.63) is 0 Å². The Hall–Kier alpha value is -2.09. The van der Waals surface area contributed by atoms with Crippen LogP contribution in [0.15, 0.2) is 0 Å². The third kappa shape index (κ3) is 10.2. The average molecular weight is 783 g/mol. The molecule has 0 aliphatic carbocycles. The standard InChI is InChI=1S/C32H54N4O16S/c1-48-15-8-14(12-37)50-29(24(15)42)23-17(13-38)51-30(27(45)25(23)43)22-16(52-32(49-2)28(46)26(22)44)10-33-5-6-34-20(40)11-35-19(39)4-7-36-21(41)9-18(53-3)31(36)47/h14-18,22-30,32-33,37-38,42-46H,4-13H2,1-3H3,(H,34,40)(H,35,39). The number of aliphatic hydroxyl groups is 7. The first kappa shape index (κ1) is 43.6. The summed E-state index contributed by atoms with van der Waals surface area (Å²) in [5, 5.41) is 83.5. The van der Waals surface area contributed by atoms with Crippen LogP contribution in [-0.2, 0) is 42.9 Å². The quantitative estimate of drug-likeness (QED) is 0.0485. The Labute approximate surface area is 310 Å². The Morgan fingerprint density at radius 3 is 2.13 bits per heavy atom. The summed E-state index contributed by atoms with van der Waals surface area (Å²) in [5.41, 5.74) is 0. The Balaban J connectivity index is 1.30. The summed E-state index contributed by atoms with van der Waals surface area (Å²) in [4.78, 5) is 49.8. The maximum atomic E-state index is 12.3. The van der Waals surface area contributed by atoms with Gasteiger partial charge in [0.25, 0.3) is 0 Å². The van der Waals surface area contributed by atoms with Gasteiger partial charge in [0.15, 0.2) is 6.29 Å². The van der Waals surface area contributed by atoms with E-state index < -0.39 is 116 Å². The van der Waals surface area contributed by atoms with Gasteiger partial charge in [0.2, 0.25) is 23.6 Å². The van der Waals surface area contributed by atoms with E-state index in [0.29, 0.717) is 0 Å². The number of aliphatic hydroxyl groups excluding tert-OH is 7. The van der Waals surface area contributed by atoms with Crippen molar-refractivity contribution in [3.8, 4) is 0 Å². The molecule has 20 nitrogen and oxygen atoms in total. The Morgan fingerprint density at radius 2 is 1.51 bits per heavy atom. The zero-order valence-electron chi connectivity index (χ0n) is 29.9. The molecule has 0 bridgehead atoms. The molecule has 304 valence electrons. The highest BCUT2D eigenvalue weighted by molar-refractivity contribution is 8.00. The third-order valence-corrected chi connectivity index (χ3v) is 11.2. The molecule has 21 heteroatoms. The first-order chi connectivity index (χ1) is 25.3. The summed E-state index contributed by atoms with van der Waals surface area (Å²) < 4.78 is 28.4. The van der Waals surface area contributed by atoms with E-state index in [1.165, 1.54) is 26.0 Å². The molecule has 0 aromatic heterocycles. The van der Waals surface area contributed by atoms with Crippen LogP contribution < -0.4 is 16.0 Å². The van der Waals surface area contributed by atoms with Crippen molar-refractivity contribution in [2.45, 2.75) is 97.9 Å². The molecule has 4 amide bonds. The van der Waals surface area contributed by atoms with Crippen LogP contribution in [-0.4, -0.2) is 209 Å². The fourth-order valence-electron chi connectivity index (χ4n) is 7.43. The molecule has 15 unspecified atom stereocenters. The number of carbonyl (C=O) groups excluding carboxylic acids is 4. The fraction of sp³-hybridized carbons (Fsp3) is 0.875. The second-order valence-corrected chi connectivity index (χ2v) is 14.6. The van der Waals surface area contributed by atoms with Crippen molar-refractivity contribution in [1.29, 1.82) is 0 Å². The second-order valence-electron chi connectivity index (χ2n) is 13.5. The molecule has 0 aromatic rings. The number of methoxy groups -OCH3 is 2. The van der Waals surface area contributed by atoms with E-state index in [1.807, 2.05) is 0 Å². The zero-order chi connectivity index (χ0) is 39.0. The Bertz CT molecular complexity index is 1240. The van der Waals surface area contributed by atoms with Crippen LogP contribution in [0.5, 0.6) is 0 Å². The van der Waals surface area contributed by atoms with Crippen LogP contribution in [0.2, 0.25) is 0 Å². The van der Waals surface area contributed by atoms with Gasteiger partial charge in [-0.3, -0.25) is 24.1 Å². The van der Waals surface area contributed by atoms with Crippen LogP contribution in [0.3, 0.4) is 0 Å². The van der Waals surface area contributed by atoms with Crippen molar-refractivity contribution < 1.29 is 78.6 Å². The van der Waals surface area contributed by atoms with Crippen LogP contribution in [0.4, 0.5) is 0 Å². The molecule has 0 saturated carbocycles. The Kier molecular flexibility index (Phi) is 16.6. The van der Waals surface area contributed by atoms with Crippen molar-refractivity contribution in [3.63, 3.8) is 0 Å². The van der Waals surface area contributed by atoms with E-state index in [9.17, 15) is 54.9 Å². The van der Waals surface area contributed by atoms with Crippen LogP contribution >= 0.6 is 11.8 Å². The molecule has 4 aliphatic rings. The van der Waals surface area contributed by atoms with E-state index >= 15 is 0 Å². The van der Waals surface area contributed by atoms with Crippen LogP contribution in [0.1, 0.15) is 19.3 Å². The highest BCUT2D eigenvalue weighted by Crippen LogP contribution is 2.41. The largest absolute Gasteiger partial charge is 0.394 e. The molecule has 4 heterocycles. The summed E-state index contributed by atoms with van der Waals surface area (Å²) in [5.74, 6) is -4.08. The number of carbonyl (C=O) groups is 4. The van der Waals surface area contributed by atoms with Gasteiger partial charge in [-0.1, -0.05) is 0 Å². The summed E-state index contributed by atoms with van der Waals surface area (Å²) >= 11 is 1.27. The van der Waals surface area contributed by atoms with E-state index in [2.05, 4.69) is 16.0 Å². The van der Waals surface area contributed by atoms with E-state index in [0.717, 1.165) is 4.90 Å². The number of rotatable bonds is 17. The van der Waals surface area contributed by atoms with Gasteiger partial charge in [-0.15, -0.1) is 0 Å². The number of nitrogens with one attached hydrogen (secondary N) is 3. The smallest absolute Gasteiger partial charge is 0.242 e. The molecule has 4 saturated heterocycles. The lowest BCUT2D eigenvalue weighted by molar-refractivity contribution is -0.322. The number of hydrogen-bond acceptors (Lipinski definition) is 18. The number of nitrogens with zero attached hydrogens (tertiary/aromatic N) is 1. The SMILES string of the molecule is COC1CC(CO)OC(C2C(CO)OC(C3C(CNCCNC(=O)CNC(=O)CCN4C(=O)CC(SC)C4=O)OC(OC)C(O)C3O)C(O)C2O)C1O. The van der Waals surface area contributed by atoms with Gasteiger partial charge < -0.3 is 75.4 Å². The number of ether oxygens (including phenoxy) is 5. The third-order valence-electron chi connectivity index (χ3n) is 10.3. The molecule has 0 aromatic carbocycles. The molecular weight excluding hydrogens is 728 g/mol. The predicted molar refractivity (Wildman–Crippen MR) is 182 cm³/mol. The molecule has 4 rings (SSSR count). The summed E-state index contributed by atoms with van der Waals surface area (Å²) in [6, 6.07) is 0. The zero-order valence-corrected chi connectivity index (χ0v) is 30.7. The number of amides is 4. The maximum absolute atomic E-state index is 12.3. The minimum atomic E-state index is -1.73. The van der Waals surface area contributed by atoms with E-state index in [-0.39, 0.29) is 63.8 Å². The average Bonchev–Trinajstić information content (AvgIpc) is 3.43. The molecule has 0 spiro atoms. The van der Waals surface area contributed by atoms with Gasteiger partial charge >= 0.3 is 0 Å². The van der Waals surface area contributed by atoms with Gasteiger partial charge in [0, 0.05) is 71.5 Å². The van der Waals surface area contributed by atoms with Gasteiger partial charge in [-0.05, 0) is 6.26 Å². The summed E-state index contributed by atoms with van der Waals surface area (Å²) in [6.45, 7) is -1.29. The lowest BCUT2D eigenvalue weighted by atomic mass is 9.73. The van der Waals surface area contributed by atoms with Gasteiger partial charge in [-0.25, -0.2) is 0 Å². The van der Waals surface area contributed by atoms with Crippen LogP contribution in [0, 0.1) is 11.8 Å². The van der Waals surface area contributed by atoms with E-state index in [4.69, 9.17) is 23.7 Å². The van der Waals surface area contributed by atoms with Crippen molar-refractivity contribution in [2.24, 2.45) is 11.8 Å². The number of thioether (sulfide) groups is 1. The molecule has 53 heavy (non-hydrogen) atoms. The summed E-state index contributed by atoms with van der Waals surface area (Å²) in [7, 11) is 2.63. The van der Waals surface area contributed by atoms with Crippen LogP contribution in [0.25, 0.3) is 0 Å². The van der Waals surface area contributed by atoms with Gasteiger partial charge in [0.1, 0.15) is 18.3 Å². The highest BCUT2D eigenvalue weighted by Gasteiger charge is 2.58. The van der Waals surface area contributed by atoms with Gasteiger partial charge in [0.05, 0.1) is 73.8 Å². The fourth-order valence-corrected chi connectivity index (χ4v) is 8.07. The predicted octanol–water partition coefficient (Wildman–Crippen LogP) is -5.98. The summed E-state index contributed by atoms with van der Waals surface area (Å²) in [6.07, 6.45) is -13.8. The monoisotopic (exact) mass is 782 g/mol. The molecule has 4 aliphatic heterocycles. The van der Waals surface area contributed by atoms with Gasteiger partial charge in [-0.2, -0.15) is 11.8 Å². The molecule has 15 atom stereocenters. The highest BCUT2D eigenvalue weighted by atomic mass is 32.2. The second kappa shape index (κ2) is 20.2. The maximum Gasteiger partial charge on any atom is 0.242 e. The lowest BCUT2D eigenvalue weighted by Gasteiger charge is -2.53. The number of imide groups is 1. The molecule has 10 N–H and O–H groups in total. The van der Waals surface area contributed by atoms with E-state index in [1.54, 1.807) is 6.26 Å². The molecule has 0 radical (unpaired) electrons. The van der Waals surface area contributed by atoms with Crippen molar-refractivity contribution in [2.75, 3.05) is 66.4 Å². The Morgan fingerprint density at radius 1 is 0.830 bits per heavy atom. The number of likely N-dealkylation sites (tertiary alicyclic amines) is 1. The molecular formula is C32H54N4O16S. The normalized spacial score (nSPS) is 39.3.